The van der Waals surface area contributed by atoms with E-state index in [1.54, 1.807) is 26.0 Å². The van der Waals surface area contributed by atoms with E-state index in [1.807, 2.05) is 0 Å². The molecule has 1 amide bonds. The molecule has 0 aliphatic rings. The van der Waals surface area contributed by atoms with E-state index in [0.29, 0.717) is 28.5 Å². The quantitative estimate of drug-likeness (QED) is 0.715. The largest absolute Gasteiger partial charge is 0.481 e. The van der Waals surface area contributed by atoms with Crippen molar-refractivity contribution in [2.45, 2.75) is 32.9 Å². The molecule has 0 spiro atoms. The van der Waals surface area contributed by atoms with Gasteiger partial charge in [0, 0.05) is 23.9 Å². The topological polar surface area (TPSA) is 94.3 Å². The number of ether oxygens (including phenoxy) is 1. The summed E-state index contributed by atoms with van der Waals surface area (Å²) in [5.41, 5.74) is 2.13. The van der Waals surface area contributed by atoms with Gasteiger partial charge in [-0.3, -0.25) is 4.79 Å². The highest BCUT2D eigenvalue weighted by Crippen LogP contribution is 2.27. The number of aryl methyl sites for hydroxylation is 2. The molecule has 28 heavy (non-hydrogen) atoms. The maximum atomic E-state index is 12.8. The predicted molar refractivity (Wildman–Crippen MR) is 93.0 cm³/mol. The number of anilines is 1. The summed E-state index contributed by atoms with van der Waals surface area (Å²) in [7, 11) is 1.49. The highest BCUT2D eigenvalue weighted by molar-refractivity contribution is 5.90. The monoisotopic (exact) mass is 394 g/mol. The summed E-state index contributed by atoms with van der Waals surface area (Å²) in [5, 5.41) is 6.20. The van der Waals surface area contributed by atoms with Gasteiger partial charge in [-0.2, -0.15) is 18.2 Å². The van der Waals surface area contributed by atoms with Gasteiger partial charge >= 0.3 is 6.18 Å². The first kappa shape index (κ1) is 19.5. The molecule has 3 rings (SSSR count). The lowest BCUT2D eigenvalue weighted by molar-refractivity contribution is -0.144. The fourth-order valence-electron chi connectivity index (χ4n) is 2.73. The second-order valence-electron chi connectivity index (χ2n) is 6.04. The number of amides is 1. The number of nitrogens with zero attached hydrogens (tertiary/aromatic N) is 5. The van der Waals surface area contributed by atoms with Gasteiger partial charge in [0.1, 0.15) is 0 Å². The summed E-state index contributed by atoms with van der Waals surface area (Å²) >= 11 is 0. The van der Waals surface area contributed by atoms with E-state index >= 15 is 0 Å². The molecule has 0 bridgehead atoms. The molecule has 1 N–H and O–H groups in total. The molecule has 0 atom stereocenters. The van der Waals surface area contributed by atoms with Crippen LogP contribution in [-0.2, 0) is 17.4 Å². The van der Waals surface area contributed by atoms with Crippen molar-refractivity contribution in [1.82, 2.24) is 24.6 Å². The second-order valence-corrected chi connectivity index (χ2v) is 6.04. The Labute approximate surface area is 157 Å². The van der Waals surface area contributed by atoms with E-state index in [1.165, 1.54) is 13.3 Å². The minimum absolute atomic E-state index is 0.113. The molecule has 11 heteroatoms. The van der Waals surface area contributed by atoms with Crippen molar-refractivity contribution in [3.05, 3.63) is 41.1 Å². The van der Waals surface area contributed by atoms with Crippen LogP contribution in [0, 0.1) is 13.8 Å². The Morgan fingerprint density at radius 1 is 1.25 bits per heavy atom. The van der Waals surface area contributed by atoms with E-state index in [-0.39, 0.29) is 24.5 Å². The van der Waals surface area contributed by atoms with Crippen LogP contribution in [0.2, 0.25) is 0 Å². The molecule has 148 valence electrons. The van der Waals surface area contributed by atoms with Gasteiger partial charge < -0.3 is 10.1 Å². The maximum Gasteiger partial charge on any atom is 0.453 e. The van der Waals surface area contributed by atoms with Crippen LogP contribution in [0.4, 0.5) is 18.9 Å². The standard InChI is InChI=1S/C17H17F3N6O2/c1-9-12(5-6-13(27)23-11-4-7-14(28-3)21-8-11)10(2)26-16(22-9)24-15(25-26)17(18,19)20/h4,7-8H,5-6H2,1-3H3,(H,23,27). The number of pyridine rings is 1. The molecule has 8 nitrogen and oxygen atoms in total. The Bertz CT molecular complexity index is 1010. The molecule has 0 fully saturated rings. The van der Waals surface area contributed by atoms with Gasteiger partial charge in [-0.25, -0.2) is 14.5 Å². The molecule has 0 unspecified atom stereocenters. The smallest absolute Gasteiger partial charge is 0.453 e. The minimum atomic E-state index is -4.65. The first-order valence-corrected chi connectivity index (χ1v) is 8.29. The first-order chi connectivity index (χ1) is 13.2. The van der Waals surface area contributed by atoms with E-state index in [4.69, 9.17) is 4.74 Å². The fourth-order valence-corrected chi connectivity index (χ4v) is 2.73. The number of rotatable bonds is 5. The number of aromatic nitrogens is 5. The number of carbonyl (C=O) groups excluding carboxylic acids is 1. The van der Waals surface area contributed by atoms with Crippen molar-refractivity contribution in [2.75, 3.05) is 12.4 Å². The van der Waals surface area contributed by atoms with Crippen LogP contribution < -0.4 is 10.1 Å². The maximum absolute atomic E-state index is 12.8. The molecule has 0 aliphatic heterocycles. The zero-order chi connectivity index (χ0) is 20.5. The molecule has 0 saturated heterocycles. The minimum Gasteiger partial charge on any atom is -0.481 e. The average Bonchev–Trinajstić information content (AvgIpc) is 3.07. The van der Waals surface area contributed by atoms with E-state index < -0.39 is 12.0 Å². The molecular formula is C17H17F3N6O2. The molecule has 0 aromatic carbocycles. The Morgan fingerprint density at radius 2 is 2.00 bits per heavy atom. The molecule has 0 aliphatic carbocycles. The number of halogens is 3. The first-order valence-electron chi connectivity index (χ1n) is 8.29. The SMILES string of the molecule is COc1ccc(NC(=O)CCc2c(C)nc3nc(C(F)(F)F)nn3c2C)cn1. The third kappa shape index (κ3) is 4.02. The van der Waals surface area contributed by atoms with Crippen LogP contribution in [0.5, 0.6) is 5.88 Å². The van der Waals surface area contributed by atoms with Crippen LogP contribution in [-0.4, -0.2) is 37.6 Å². The summed E-state index contributed by atoms with van der Waals surface area (Å²) in [5.74, 6) is -1.21. The van der Waals surface area contributed by atoms with Crippen LogP contribution in [0.15, 0.2) is 18.3 Å². The Kier molecular flexibility index (Phi) is 5.16. The van der Waals surface area contributed by atoms with Gasteiger partial charge in [-0.15, -0.1) is 5.10 Å². The van der Waals surface area contributed by atoms with E-state index in [2.05, 4.69) is 25.4 Å². The lowest BCUT2D eigenvalue weighted by atomic mass is 10.1. The Morgan fingerprint density at radius 3 is 2.61 bits per heavy atom. The van der Waals surface area contributed by atoms with Crippen LogP contribution in [0.25, 0.3) is 5.78 Å². The number of hydrogen-bond acceptors (Lipinski definition) is 6. The molecule has 3 aromatic heterocycles. The number of hydrogen-bond donors (Lipinski definition) is 1. The summed E-state index contributed by atoms with van der Waals surface area (Å²) in [6.45, 7) is 3.28. The number of alkyl halides is 3. The summed E-state index contributed by atoms with van der Waals surface area (Å²) < 4.78 is 44.5. The van der Waals surface area contributed by atoms with Gasteiger partial charge in [0.2, 0.25) is 11.8 Å². The highest BCUT2D eigenvalue weighted by atomic mass is 19.4. The molecular weight excluding hydrogens is 377 g/mol. The van der Waals surface area contributed by atoms with Crippen molar-refractivity contribution in [1.29, 1.82) is 0 Å². The number of fused-ring (bicyclic) bond motifs is 1. The number of carbonyl (C=O) groups is 1. The zero-order valence-corrected chi connectivity index (χ0v) is 15.3. The van der Waals surface area contributed by atoms with E-state index in [9.17, 15) is 18.0 Å². The van der Waals surface area contributed by atoms with Crippen molar-refractivity contribution < 1.29 is 22.7 Å². The van der Waals surface area contributed by atoms with Crippen LogP contribution >= 0.6 is 0 Å². The second kappa shape index (κ2) is 7.41. The van der Waals surface area contributed by atoms with Crippen LogP contribution in [0.1, 0.15) is 29.2 Å². The molecule has 0 radical (unpaired) electrons. The molecule has 3 heterocycles. The molecule has 0 saturated carbocycles. The lowest BCUT2D eigenvalue weighted by Gasteiger charge is -2.10. The van der Waals surface area contributed by atoms with E-state index in [0.717, 1.165) is 4.52 Å². The van der Waals surface area contributed by atoms with Gasteiger partial charge in [0.05, 0.1) is 19.0 Å². The number of methoxy groups -OCH3 is 1. The van der Waals surface area contributed by atoms with Crippen molar-refractivity contribution in [3.63, 3.8) is 0 Å². The number of nitrogens with one attached hydrogen (secondary N) is 1. The zero-order valence-electron chi connectivity index (χ0n) is 15.3. The van der Waals surface area contributed by atoms with Crippen molar-refractivity contribution in [2.24, 2.45) is 0 Å². The van der Waals surface area contributed by atoms with Gasteiger partial charge in [-0.05, 0) is 31.9 Å². The van der Waals surface area contributed by atoms with Gasteiger partial charge in [0.15, 0.2) is 0 Å². The normalized spacial score (nSPS) is 11.6. The predicted octanol–water partition coefficient (Wildman–Crippen LogP) is 2.73. The summed E-state index contributed by atoms with van der Waals surface area (Å²) in [6.07, 6.45) is -2.78. The van der Waals surface area contributed by atoms with Gasteiger partial charge in [-0.1, -0.05) is 0 Å². The van der Waals surface area contributed by atoms with Gasteiger partial charge in [0.25, 0.3) is 11.6 Å². The average molecular weight is 394 g/mol. The third-order valence-electron chi connectivity index (χ3n) is 4.13. The Hall–Kier alpha value is -3.24. The third-order valence-corrected chi connectivity index (χ3v) is 4.13. The summed E-state index contributed by atoms with van der Waals surface area (Å²) in [4.78, 5) is 23.7. The lowest BCUT2D eigenvalue weighted by Crippen LogP contribution is -2.14. The molecule has 3 aromatic rings. The van der Waals surface area contributed by atoms with Crippen molar-refractivity contribution >= 4 is 17.4 Å². The fraction of sp³-hybridized carbons (Fsp3) is 0.353. The summed E-state index contributed by atoms with van der Waals surface area (Å²) in [6, 6.07) is 3.27. The highest BCUT2D eigenvalue weighted by Gasteiger charge is 2.36. The van der Waals surface area contributed by atoms with Crippen LogP contribution in [0.3, 0.4) is 0 Å². The Balaban J connectivity index is 1.75. The van der Waals surface area contributed by atoms with Crippen molar-refractivity contribution in [3.8, 4) is 5.88 Å².